The van der Waals surface area contributed by atoms with Crippen molar-refractivity contribution in [3.05, 3.63) is 41.2 Å². The summed E-state index contributed by atoms with van der Waals surface area (Å²) in [6.07, 6.45) is 4.50. The van der Waals surface area contributed by atoms with Crippen LogP contribution in [0.25, 0.3) is 6.08 Å². The number of hydrogen-bond donors (Lipinski definition) is 1. The molecule has 3 aliphatic rings. The highest BCUT2D eigenvalue weighted by molar-refractivity contribution is 5.79. The summed E-state index contributed by atoms with van der Waals surface area (Å²) in [7, 11) is 0. The van der Waals surface area contributed by atoms with Crippen LogP contribution in [-0.2, 0) is 9.53 Å². The number of ether oxygens (including phenoxy) is 1. The minimum atomic E-state index is -0.224. The number of benzene rings is 1. The van der Waals surface area contributed by atoms with Crippen LogP contribution in [0.5, 0.6) is 0 Å². The van der Waals surface area contributed by atoms with Gasteiger partial charge in [-0.25, -0.2) is 9.18 Å². The maximum atomic E-state index is 13.9. The van der Waals surface area contributed by atoms with Gasteiger partial charge in [0.2, 0.25) is 5.91 Å². The van der Waals surface area contributed by atoms with Crippen molar-refractivity contribution < 1.29 is 18.7 Å². The third kappa shape index (κ3) is 3.83. The van der Waals surface area contributed by atoms with E-state index in [9.17, 15) is 14.0 Å². The molecule has 1 aromatic carbocycles. The molecule has 1 N–H and O–H groups in total. The SMILES string of the molecule is Cc1ccc(/C=C/C2CN(C(=O)N3CC[C@@H]4OCC(=O)N[C@@H]4C3)C2)c(F)c1. The number of aryl methyl sites for hydroxylation is 1. The van der Waals surface area contributed by atoms with Crippen LogP contribution in [0, 0.1) is 18.7 Å². The molecule has 0 unspecified atom stereocenters. The Labute approximate surface area is 158 Å². The number of carbonyl (C=O) groups excluding carboxylic acids is 2. The highest BCUT2D eigenvalue weighted by Crippen LogP contribution is 2.24. The van der Waals surface area contributed by atoms with Crippen LogP contribution < -0.4 is 5.32 Å². The number of rotatable bonds is 2. The van der Waals surface area contributed by atoms with Gasteiger partial charge in [-0.3, -0.25) is 4.79 Å². The molecule has 3 aliphatic heterocycles. The zero-order valence-corrected chi connectivity index (χ0v) is 15.4. The summed E-state index contributed by atoms with van der Waals surface area (Å²) in [4.78, 5) is 27.7. The Bertz CT molecular complexity index is 776. The molecule has 1 aromatic rings. The van der Waals surface area contributed by atoms with Gasteiger partial charge in [0.25, 0.3) is 0 Å². The van der Waals surface area contributed by atoms with E-state index in [4.69, 9.17) is 4.74 Å². The Kier molecular flexibility index (Phi) is 4.86. The number of fused-ring (bicyclic) bond motifs is 1. The first kappa shape index (κ1) is 18.0. The van der Waals surface area contributed by atoms with Gasteiger partial charge >= 0.3 is 6.03 Å². The number of piperidine rings is 1. The number of nitrogens with zero attached hydrogens (tertiary/aromatic N) is 2. The van der Waals surface area contributed by atoms with E-state index >= 15 is 0 Å². The van der Waals surface area contributed by atoms with Gasteiger partial charge < -0.3 is 19.9 Å². The maximum Gasteiger partial charge on any atom is 0.320 e. The standard InChI is InChI=1S/C20H24FN3O3/c1-13-2-4-15(16(21)8-13)5-3-14-9-24(10-14)20(26)23-7-6-18-17(11-23)22-19(25)12-27-18/h2-5,8,14,17-18H,6-7,9-12H2,1H3,(H,22,25)/b5-3+/t17-,18+/m1/s1. The first-order valence-corrected chi connectivity index (χ1v) is 9.39. The monoisotopic (exact) mass is 373 g/mol. The molecule has 0 radical (unpaired) electrons. The molecule has 7 heteroatoms. The predicted octanol–water partition coefficient (Wildman–Crippen LogP) is 1.79. The van der Waals surface area contributed by atoms with Gasteiger partial charge in [0, 0.05) is 37.7 Å². The second-order valence-corrected chi connectivity index (χ2v) is 7.59. The van der Waals surface area contributed by atoms with Crippen LogP contribution >= 0.6 is 0 Å². The average Bonchev–Trinajstić information content (AvgIpc) is 2.61. The van der Waals surface area contributed by atoms with Gasteiger partial charge in [-0.2, -0.15) is 0 Å². The smallest absolute Gasteiger partial charge is 0.320 e. The first-order valence-electron chi connectivity index (χ1n) is 9.39. The second-order valence-electron chi connectivity index (χ2n) is 7.59. The van der Waals surface area contributed by atoms with E-state index in [0.717, 1.165) is 12.0 Å². The largest absolute Gasteiger partial charge is 0.366 e. The van der Waals surface area contributed by atoms with Crippen LogP contribution in [0.3, 0.4) is 0 Å². The minimum absolute atomic E-state index is 0.000520. The molecule has 27 heavy (non-hydrogen) atoms. The molecule has 3 saturated heterocycles. The average molecular weight is 373 g/mol. The van der Waals surface area contributed by atoms with Crippen molar-refractivity contribution in [2.45, 2.75) is 25.5 Å². The third-order valence-corrected chi connectivity index (χ3v) is 5.48. The van der Waals surface area contributed by atoms with Crippen molar-refractivity contribution in [3.8, 4) is 0 Å². The fourth-order valence-electron chi connectivity index (χ4n) is 3.87. The lowest BCUT2D eigenvalue weighted by atomic mass is 9.97. The van der Waals surface area contributed by atoms with E-state index in [-0.39, 0.29) is 42.4 Å². The summed E-state index contributed by atoms with van der Waals surface area (Å²) in [5.41, 5.74) is 1.47. The van der Waals surface area contributed by atoms with Crippen LogP contribution in [-0.4, -0.2) is 66.7 Å². The normalized spacial score (nSPS) is 25.9. The molecule has 2 atom stereocenters. The molecule has 0 saturated carbocycles. The summed E-state index contributed by atoms with van der Waals surface area (Å²) in [6.45, 7) is 4.37. The second kappa shape index (κ2) is 7.31. The fraction of sp³-hybridized carbons (Fsp3) is 0.500. The summed E-state index contributed by atoms with van der Waals surface area (Å²) in [5, 5.41) is 2.91. The van der Waals surface area contributed by atoms with Gasteiger partial charge in [0.05, 0.1) is 12.1 Å². The Balaban J connectivity index is 1.28. The van der Waals surface area contributed by atoms with Crippen molar-refractivity contribution in [1.29, 1.82) is 0 Å². The lowest BCUT2D eigenvalue weighted by Gasteiger charge is -2.45. The predicted molar refractivity (Wildman–Crippen MR) is 98.5 cm³/mol. The molecule has 0 spiro atoms. The van der Waals surface area contributed by atoms with Crippen molar-refractivity contribution in [2.24, 2.45) is 5.92 Å². The number of likely N-dealkylation sites (tertiary alicyclic amines) is 2. The molecule has 0 bridgehead atoms. The number of morpholine rings is 1. The number of urea groups is 1. The molecular formula is C20H24FN3O3. The van der Waals surface area contributed by atoms with Crippen molar-refractivity contribution in [3.63, 3.8) is 0 Å². The van der Waals surface area contributed by atoms with Crippen molar-refractivity contribution in [2.75, 3.05) is 32.8 Å². The first-order chi connectivity index (χ1) is 13.0. The van der Waals surface area contributed by atoms with E-state index in [2.05, 4.69) is 5.32 Å². The van der Waals surface area contributed by atoms with Crippen molar-refractivity contribution >= 4 is 18.0 Å². The molecule has 3 amide bonds. The van der Waals surface area contributed by atoms with Gasteiger partial charge in [-0.1, -0.05) is 24.3 Å². The van der Waals surface area contributed by atoms with Gasteiger partial charge in [0.15, 0.2) is 0 Å². The summed E-state index contributed by atoms with van der Waals surface area (Å²) in [5.74, 6) is -0.105. The van der Waals surface area contributed by atoms with Crippen LogP contribution in [0.4, 0.5) is 9.18 Å². The van der Waals surface area contributed by atoms with E-state index in [1.54, 1.807) is 21.9 Å². The lowest BCUT2D eigenvalue weighted by Crippen LogP contribution is -2.64. The number of carbonyl (C=O) groups is 2. The molecule has 6 nitrogen and oxygen atoms in total. The quantitative estimate of drug-likeness (QED) is 0.860. The summed E-state index contributed by atoms with van der Waals surface area (Å²) >= 11 is 0. The molecule has 144 valence electrons. The van der Waals surface area contributed by atoms with E-state index in [1.165, 1.54) is 6.07 Å². The highest BCUT2D eigenvalue weighted by Gasteiger charge is 2.39. The number of hydrogen-bond acceptors (Lipinski definition) is 3. The number of amides is 3. The Morgan fingerprint density at radius 1 is 1.30 bits per heavy atom. The summed E-state index contributed by atoms with van der Waals surface area (Å²) in [6, 6.07) is 5.06. The lowest BCUT2D eigenvalue weighted by molar-refractivity contribution is -0.139. The highest BCUT2D eigenvalue weighted by atomic mass is 19.1. The van der Waals surface area contributed by atoms with Gasteiger partial charge in [-0.15, -0.1) is 0 Å². The van der Waals surface area contributed by atoms with E-state index in [1.807, 2.05) is 19.1 Å². The fourth-order valence-corrected chi connectivity index (χ4v) is 3.87. The molecule has 3 heterocycles. The van der Waals surface area contributed by atoms with Gasteiger partial charge in [-0.05, 0) is 25.0 Å². The Morgan fingerprint density at radius 3 is 2.89 bits per heavy atom. The van der Waals surface area contributed by atoms with E-state index in [0.29, 0.717) is 31.7 Å². The minimum Gasteiger partial charge on any atom is -0.366 e. The number of halogens is 1. The number of nitrogens with one attached hydrogen (secondary N) is 1. The Morgan fingerprint density at radius 2 is 2.11 bits per heavy atom. The zero-order chi connectivity index (χ0) is 19.0. The van der Waals surface area contributed by atoms with Crippen LogP contribution in [0.15, 0.2) is 24.3 Å². The maximum absolute atomic E-state index is 13.9. The zero-order valence-electron chi connectivity index (χ0n) is 15.4. The van der Waals surface area contributed by atoms with Crippen LogP contribution in [0.2, 0.25) is 0 Å². The Hall–Kier alpha value is -2.41. The summed E-state index contributed by atoms with van der Waals surface area (Å²) < 4.78 is 19.4. The van der Waals surface area contributed by atoms with Crippen molar-refractivity contribution in [1.82, 2.24) is 15.1 Å². The third-order valence-electron chi connectivity index (χ3n) is 5.48. The molecular weight excluding hydrogens is 349 g/mol. The van der Waals surface area contributed by atoms with Crippen LogP contribution in [0.1, 0.15) is 17.5 Å². The van der Waals surface area contributed by atoms with E-state index < -0.39 is 0 Å². The van der Waals surface area contributed by atoms with Gasteiger partial charge in [0.1, 0.15) is 12.4 Å². The molecule has 0 aromatic heterocycles. The molecule has 3 fully saturated rings. The molecule has 0 aliphatic carbocycles. The molecule has 4 rings (SSSR count). The topological polar surface area (TPSA) is 61.9 Å².